The number of H-pyrrole nitrogens is 1. The van der Waals surface area contributed by atoms with Crippen LogP contribution in [0.3, 0.4) is 0 Å². The SMILES string of the molecule is Cc1cc(=O)[nH]c(NC(=O)NCCCCCCNC(=O)O)n1. The number of hydrogen-bond acceptors (Lipinski definition) is 4. The van der Waals surface area contributed by atoms with Crippen LogP contribution < -0.4 is 21.5 Å². The monoisotopic (exact) mass is 311 g/mol. The van der Waals surface area contributed by atoms with Gasteiger partial charge in [0, 0.05) is 24.8 Å². The number of anilines is 1. The zero-order chi connectivity index (χ0) is 16.4. The Morgan fingerprint density at radius 3 is 2.41 bits per heavy atom. The topological polar surface area (TPSA) is 136 Å². The fourth-order valence-electron chi connectivity index (χ4n) is 1.79. The van der Waals surface area contributed by atoms with E-state index in [0.29, 0.717) is 18.8 Å². The molecular weight excluding hydrogens is 290 g/mol. The van der Waals surface area contributed by atoms with Gasteiger partial charge in [-0.15, -0.1) is 0 Å². The molecule has 0 unspecified atom stereocenters. The highest BCUT2D eigenvalue weighted by Gasteiger charge is 2.03. The van der Waals surface area contributed by atoms with Crippen molar-refractivity contribution in [2.75, 3.05) is 18.4 Å². The normalized spacial score (nSPS) is 10.0. The lowest BCUT2D eigenvalue weighted by molar-refractivity contribution is 0.194. The summed E-state index contributed by atoms with van der Waals surface area (Å²) >= 11 is 0. The molecule has 0 aliphatic rings. The van der Waals surface area contributed by atoms with Crippen LogP contribution in [0, 0.1) is 6.92 Å². The van der Waals surface area contributed by atoms with Gasteiger partial charge in [0.15, 0.2) is 0 Å². The molecule has 0 radical (unpaired) electrons. The number of amides is 3. The molecule has 0 aliphatic heterocycles. The van der Waals surface area contributed by atoms with Gasteiger partial charge in [0.2, 0.25) is 5.95 Å². The molecule has 22 heavy (non-hydrogen) atoms. The van der Waals surface area contributed by atoms with Gasteiger partial charge in [-0.25, -0.2) is 14.6 Å². The van der Waals surface area contributed by atoms with E-state index in [4.69, 9.17) is 5.11 Å². The Hall–Kier alpha value is -2.58. The maximum atomic E-state index is 11.6. The maximum Gasteiger partial charge on any atom is 0.404 e. The first-order chi connectivity index (χ1) is 10.5. The third-order valence-corrected chi connectivity index (χ3v) is 2.77. The predicted molar refractivity (Wildman–Crippen MR) is 81.1 cm³/mol. The first kappa shape index (κ1) is 17.5. The molecule has 0 spiro atoms. The van der Waals surface area contributed by atoms with Gasteiger partial charge in [0.05, 0.1) is 0 Å². The van der Waals surface area contributed by atoms with Gasteiger partial charge in [-0.3, -0.25) is 15.1 Å². The zero-order valence-electron chi connectivity index (χ0n) is 12.4. The minimum atomic E-state index is -1.01. The molecule has 1 rings (SSSR count). The van der Waals surface area contributed by atoms with Crippen molar-refractivity contribution in [3.8, 4) is 0 Å². The third-order valence-electron chi connectivity index (χ3n) is 2.77. The van der Waals surface area contributed by atoms with Crippen LogP contribution in [0.5, 0.6) is 0 Å². The number of nitrogens with zero attached hydrogens (tertiary/aromatic N) is 1. The molecule has 0 atom stereocenters. The standard InChI is InChI=1S/C13H21N5O4/c1-9-8-10(19)17-11(16-9)18-12(20)14-6-4-2-3-5-7-15-13(21)22/h8,15H,2-7H2,1H3,(H,21,22)(H3,14,16,17,18,19,20). The fourth-order valence-corrected chi connectivity index (χ4v) is 1.79. The molecule has 1 heterocycles. The van der Waals surface area contributed by atoms with E-state index in [2.05, 4.69) is 25.9 Å². The Morgan fingerprint density at radius 2 is 1.82 bits per heavy atom. The molecule has 0 fully saturated rings. The number of nitrogens with one attached hydrogen (secondary N) is 4. The average Bonchev–Trinajstić information content (AvgIpc) is 2.40. The molecule has 0 saturated carbocycles. The summed E-state index contributed by atoms with van der Waals surface area (Å²) in [6.07, 6.45) is 2.32. The van der Waals surface area contributed by atoms with Crippen LogP contribution in [-0.4, -0.2) is 40.3 Å². The molecule has 122 valence electrons. The molecule has 0 aromatic carbocycles. The van der Waals surface area contributed by atoms with E-state index in [-0.39, 0.29) is 11.5 Å². The minimum Gasteiger partial charge on any atom is -0.465 e. The molecular formula is C13H21N5O4. The number of urea groups is 1. The number of rotatable bonds is 8. The Labute approximate surface area is 127 Å². The number of carboxylic acid groups (broad SMARTS) is 1. The number of carbonyl (C=O) groups excluding carboxylic acids is 1. The van der Waals surface area contributed by atoms with Crippen molar-refractivity contribution in [1.29, 1.82) is 0 Å². The second-order valence-electron chi connectivity index (χ2n) is 4.76. The van der Waals surface area contributed by atoms with Gasteiger partial charge < -0.3 is 15.7 Å². The minimum absolute atomic E-state index is 0.113. The van der Waals surface area contributed by atoms with E-state index in [1.54, 1.807) is 6.92 Å². The van der Waals surface area contributed by atoms with Gasteiger partial charge in [-0.05, 0) is 19.8 Å². The number of unbranched alkanes of at least 4 members (excludes halogenated alkanes) is 3. The Bertz CT molecular complexity index is 558. The van der Waals surface area contributed by atoms with E-state index in [9.17, 15) is 14.4 Å². The second-order valence-corrected chi connectivity index (χ2v) is 4.76. The molecule has 0 saturated heterocycles. The van der Waals surface area contributed by atoms with Crippen molar-refractivity contribution in [2.24, 2.45) is 0 Å². The van der Waals surface area contributed by atoms with Crippen molar-refractivity contribution in [2.45, 2.75) is 32.6 Å². The number of aromatic nitrogens is 2. The Morgan fingerprint density at radius 1 is 1.18 bits per heavy atom. The summed E-state index contributed by atoms with van der Waals surface area (Å²) in [7, 11) is 0. The molecule has 5 N–H and O–H groups in total. The van der Waals surface area contributed by atoms with Crippen LogP contribution >= 0.6 is 0 Å². The van der Waals surface area contributed by atoms with Crippen LogP contribution in [0.15, 0.2) is 10.9 Å². The highest BCUT2D eigenvalue weighted by Crippen LogP contribution is 1.98. The number of hydrogen-bond donors (Lipinski definition) is 5. The molecule has 0 aliphatic carbocycles. The summed E-state index contributed by atoms with van der Waals surface area (Å²) in [6.45, 7) is 2.60. The summed E-state index contributed by atoms with van der Waals surface area (Å²) in [5.41, 5.74) is 0.201. The van der Waals surface area contributed by atoms with Crippen molar-refractivity contribution in [1.82, 2.24) is 20.6 Å². The second kappa shape index (κ2) is 9.37. The van der Waals surface area contributed by atoms with Crippen LogP contribution in [0.4, 0.5) is 15.5 Å². The van der Waals surface area contributed by atoms with E-state index < -0.39 is 12.1 Å². The third kappa shape index (κ3) is 7.88. The summed E-state index contributed by atoms with van der Waals surface area (Å²) in [4.78, 5) is 39.4. The zero-order valence-corrected chi connectivity index (χ0v) is 12.4. The van der Waals surface area contributed by atoms with Crippen molar-refractivity contribution >= 4 is 18.1 Å². The summed E-state index contributed by atoms with van der Waals surface area (Å²) < 4.78 is 0. The molecule has 1 aromatic rings. The lowest BCUT2D eigenvalue weighted by Crippen LogP contribution is -2.31. The summed E-state index contributed by atoms with van der Waals surface area (Å²) in [5, 5.41) is 15.8. The first-order valence-corrected chi connectivity index (χ1v) is 7.07. The lowest BCUT2D eigenvalue weighted by Gasteiger charge is -2.07. The van der Waals surface area contributed by atoms with Crippen LogP contribution in [0.1, 0.15) is 31.4 Å². The van der Waals surface area contributed by atoms with Gasteiger partial charge >= 0.3 is 12.1 Å². The van der Waals surface area contributed by atoms with Crippen LogP contribution in [-0.2, 0) is 0 Å². The smallest absolute Gasteiger partial charge is 0.404 e. The van der Waals surface area contributed by atoms with Crippen LogP contribution in [0.25, 0.3) is 0 Å². The van der Waals surface area contributed by atoms with Crippen molar-refractivity contribution in [3.05, 3.63) is 22.1 Å². The van der Waals surface area contributed by atoms with Crippen molar-refractivity contribution < 1.29 is 14.7 Å². The molecule has 9 heteroatoms. The van der Waals surface area contributed by atoms with Gasteiger partial charge in [0.1, 0.15) is 0 Å². The Balaban J connectivity index is 2.11. The van der Waals surface area contributed by atoms with E-state index in [1.165, 1.54) is 6.07 Å². The number of carbonyl (C=O) groups is 2. The van der Waals surface area contributed by atoms with E-state index in [1.807, 2.05) is 0 Å². The highest BCUT2D eigenvalue weighted by molar-refractivity contribution is 5.87. The van der Waals surface area contributed by atoms with E-state index >= 15 is 0 Å². The quantitative estimate of drug-likeness (QED) is 0.457. The largest absolute Gasteiger partial charge is 0.465 e. The average molecular weight is 311 g/mol. The lowest BCUT2D eigenvalue weighted by atomic mass is 10.2. The molecule has 0 bridgehead atoms. The van der Waals surface area contributed by atoms with Gasteiger partial charge in [0.25, 0.3) is 5.56 Å². The predicted octanol–water partition coefficient (Wildman–Crippen LogP) is 1.03. The molecule has 3 amide bonds. The highest BCUT2D eigenvalue weighted by atomic mass is 16.4. The summed E-state index contributed by atoms with van der Waals surface area (Å²) in [6, 6.07) is 0.906. The van der Waals surface area contributed by atoms with Crippen LogP contribution in [0.2, 0.25) is 0 Å². The van der Waals surface area contributed by atoms with Gasteiger partial charge in [-0.1, -0.05) is 12.8 Å². The first-order valence-electron chi connectivity index (χ1n) is 7.07. The number of aryl methyl sites for hydroxylation is 1. The van der Waals surface area contributed by atoms with E-state index in [0.717, 1.165) is 25.7 Å². The maximum absolute atomic E-state index is 11.6. The summed E-state index contributed by atoms with van der Waals surface area (Å²) in [5.74, 6) is 0.113. The number of aromatic amines is 1. The Kier molecular flexibility index (Phi) is 7.44. The molecule has 1 aromatic heterocycles. The fraction of sp³-hybridized carbons (Fsp3) is 0.538. The molecule has 9 nitrogen and oxygen atoms in total. The van der Waals surface area contributed by atoms with Crippen molar-refractivity contribution in [3.63, 3.8) is 0 Å². The van der Waals surface area contributed by atoms with Gasteiger partial charge in [-0.2, -0.15) is 0 Å².